The third-order valence-electron chi connectivity index (χ3n) is 3.09. The van der Waals surface area contributed by atoms with E-state index < -0.39 is 0 Å². The van der Waals surface area contributed by atoms with E-state index in [1.807, 2.05) is 6.92 Å². The van der Waals surface area contributed by atoms with Crippen LogP contribution in [-0.2, 0) is 4.74 Å². The van der Waals surface area contributed by atoms with E-state index in [0.717, 1.165) is 17.5 Å². The fourth-order valence-corrected chi connectivity index (χ4v) is 2.02. The van der Waals surface area contributed by atoms with Gasteiger partial charge in [0.25, 0.3) is 0 Å². The number of aryl methyl sites for hydroxylation is 1. The molecular formula is C13H21FN2O. The molecule has 17 heavy (non-hydrogen) atoms. The van der Waals surface area contributed by atoms with Crippen LogP contribution in [0.3, 0.4) is 0 Å². The van der Waals surface area contributed by atoms with E-state index in [9.17, 15) is 4.39 Å². The van der Waals surface area contributed by atoms with Crippen molar-refractivity contribution in [2.24, 2.45) is 11.8 Å². The standard InChI is InChI=1S/C13H21FN2O/c1-9(6-7-17-3)13(16-15)12-5-4-11(14)8-10(12)2/h4-5,8-9,13,16H,6-7,15H2,1-3H3. The first-order valence-corrected chi connectivity index (χ1v) is 5.81. The topological polar surface area (TPSA) is 47.3 Å². The summed E-state index contributed by atoms with van der Waals surface area (Å²) in [6.45, 7) is 4.69. The largest absolute Gasteiger partial charge is 0.385 e. The van der Waals surface area contributed by atoms with Crippen molar-refractivity contribution in [3.05, 3.63) is 35.1 Å². The maximum atomic E-state index is 13.0. The van der Waals surface area contributed by atoms with Crippen LogP contribution in [0.1, 0.15) is 30.5 Å². The Kier molecular flexibility index (Phi) is 5.55. The van der Waals surface area contributed by atoms with E-state index >= 15 is 0 Å². The number of halogens is 1. The summed E-state index contributed by atoms with van der Waals surface area (Å²) in [5.74, 6) is 5.71. The third-order valence-corrected chi connectivity index (χ3v) is 3.09. The monoisotopic (exact) mass is 240 g/mol. The van der Waals surface area contributed by atoms with Crippen LogP contribution >= 0.6 is 0 Å². The van der Waals surface area contributed by atoms with Crippen molar-refractivity contribution in [3.8, 4) is 0 Å². The van der Waals surface area contributed by atoms with Gasteiger partial charge >= 0.3 is 0 Å². The SMILES string of the molecule is COCCC(C)C(NN)c1ccc(F)cc1C. The van der Waals surface area contributed by atoms with Crippen molar-refractivity contribution in [3.63, 3.8) is 0 Å². The Hall–Kier alpha value is -0.970. The number of ether oxygens (including phenoxy) is 1. The van der Waals surface area contributed by atoms with E-state index in [0.29, 0.717) is 12.5 Å². The summed E-state index contributed by atoms with van der Waals surface area (Å²) in [5, 5.41) is 0. The molecule has 0 bridgehead atoms. The lowest BCUT2D eigenvalue weighted by atomic mass is 9.90. The highest BCUT2D eigenvalue weighted by molar-refractivity contribution is 5.29. The molecule has 0 aromatic heterocycles. The van der Waals surface area contributed by atoms with Gasteiger partial charge in [-0.05, 0) is 42.5 Å². The Labute approximate surface area is 102 Å². The highest BCUT2D eigenvalue weighted by atomic mass is 19.1. The smallest absolute Gasteiger partial charge is 0.123 e. The Morgan fingerprint density at radius 2 is 2.18 bits per heavy atom. The lowest BCUT2D eigenvalue weighted by molar-refractivity contribution is 0.170. The van der Waals surface area contributed by atoms with Crippen LogP contribution in [0.2, 0.25) is 0 Å². The normalized spacial score (nSPS) is 14.6. The number of hydrogen-bond donors (Lipinski definition) is 2. The second kappa shape index (κ2) is 6.69. The highest BCUT2D eigenvalue weighted by Crippen LogP contribution is 2.26. The molecule has 0 saturated carbocycles. The van der Waals surface area contributed by atoms with Gasteiger partial charge in [-0.15, -0.1) is 0 Å². The Balaban J connectivity index is 2.85. The quantitative estimate of drug-likeness (QED) is 0.592. The van der Waals surface area contributed by atoms with Crippen LogP contribution in [0.4, 0.5) is 4.39 Å². The molecule has 1 aromatic carbocycles. The molecule has 0 amide bonds. The molecule has 3 N–H and O–H groups in total. The summed E-state index contributed by atoms with van der Waals surface area (Å²) in [7, 11) is 1.68. The molecule has 0 saturated heterocycles. The van der Waals surface area contributed by atoms with E-state index in [2.05, 4.69) is 12.3 Å². The Morgan fingerprint density at radius 1 is 1.47 bits per heavy atom. The van der Waals surface area contributed by atoms with Gasteiger partial charge in [-0.2, -0.15) is 0 Å². The predicted molar refractivity (Wildman–Crippen MR) is 66.9 cm³/mol. The number of benzene rings is 1. The van der Waals surface area contributed by atoms with Gasteiger partial charge in [-0.1, -0.05) is 13.0 Å². The maximum Gasteiger partial charge on any atom is 0.123 e. The minimum absolute atomic E-state index is 0.0192. The average Bonchev–Trinajstić information content (AvgIpc) is 2.30. The first kappa shape index (κ1) is 14.1. The van der Waals surface area contributed by atoms with Crippen molar-refractivity contribution in [2.45, 2.75) is 26.3 Å². The molecule has 1 aromatic rings. The Bertz CT molecular complexity index is 357. The molecule has 4 heteroatoms. The molecule has 0 heterocycles. The zero-order chi connectivity index (χ0) is 12.8. The Morgan fingerprint density at radius 3 is 2.71 bits per heavy atom. The lowest BCUT2D eigenvalue weighted by Crippen LogP contribution is -2.33. The second-order valence-electron chi connectivity index (χ2n) is 4.40. The minimum atomic E-state index is -0.216. The van der Waals surface area contributed by atoms with Gasteiger partial charge in [0.2, 0.25) is 0 Å². The van der Waals surface area contributed by atoms with Crippen molar-refractivity contribution in [1.29, 1.82) is 0 Å². The summed E-state index contributed by atoms with van der Waals surface area (Å²) < 4.78 is 18.1. The van der Waals surface area contributed by atoms with Crippen LogP contribution in [0.15, 0.2) is 18.2 Å². The van der Waals surface area contributed by atoms with Gasteiger partial charge in [-0.3, -0.25) is 11.3 Å². The van der Waals surface area contributed by atoms with Crippen molar-refractivity contribution in [2.75, 3.05) is 13.7 Å². The molecule has 0 aliphatic carbocycles. The average molecular weight is 240 g/mol. The highest BCUT2D eigenvalue weighted by Gasteiger charge is 2.19. The summed E-state index contributed by atoms with van der Waals surface area (Å²) in [6, 6.07) is 4.81. The molecule has 0 spiro atoms. The summed E-state index contributed by atoms with van der Waals surface area (Å²) in [4.78, 5) is 0. The van der Waals surface area contributed by atoms with Gasteiger partial charge in [-0.25, -0.2) is 4.39 Å². The van der Waals surface area contributed by atoms with Gasteiger partial charge < -0.3 is 4.74 Å². The van der Waals surface area contributed by atoms with E-state index in [1.54, 1.807) is 13.2 Å². The molecule has 3 nitrogen and oxygen atoms in total. The summed E-state index contributed by atoms with van der Waals surface area (Å²) in [6.07, 6.45) is 0.905. The van der Waals surface area contributed by atoms with Gasteiger partial charge in [0.1, 0.15) is 5.82 Å². The second-order valence-corrected chi connectivity index (χ2v) is 4.40. The van der Waals surface area contributed by atoms with E-state index in [-0.39, 0.29) is 11.9 Å². The molecule has 2 atom stereocenters. The number of rotatable bonds is 6. The number of nitrogens with two attached hydrogens (primary N) is 1. The van der Waals surface area contributed by atoms with Gasteiger partial charge in [0.15, 0.2) is 0 Å². The molecule has 0 aliphatic rings. The first-order chi connectivity index (χ1) is 8.10. The molecule has 0 fully saturated rings. The maximum absolute atomic E-state index is 13.0. The summed E-state index contributed by atoms with van der Waals surface area (Å²) in [5.41, 5.74) is 4.76. The van der Waals surface area contributed by atoms with Crippen LogP contribution in [0, 0.1) is 18.7 Å². The van der Waals surface area contributed by atoms with Crippen LogP contribution in [-0.4, -0.2) is 13.7 Å². The van der Waals surface area contributed by atoms with E-state index in [1.165, 1.54) is 12.1 Å². The van der Waals surface area contributed by atoms with Crippen LogP contribution < -0.4 is 11.3 Å². The summed E-state index contributed by atoms with van der Waals surface area (Å²) >= 11 is 0. The molecule has 1 rings (SSSR count). The van der Waals surface area contributed by atoms with Crippen LogP contribution in [0.5, 0.6) is 0 Å². The molecule has 0 aliphatic heterocycles. The predicted octanol–water partition coefficient (Wildman–Crippen LogP) is 2.31. The first-order valence-electron chi connectivity index (χ1n) is 5.81. The molecule has 0 radical (unpaired) electrons. The van der Waals surface area contributed by atoms with Crippen molar-refractivity contribution >= 4 is 0 Å². The molecule has 2 unspecified atom stereocenters. The van der Waals surface area contributed by atoms with Crippen molar-refractivity contribution in [1.82, 2.24) is 5.43 Å². The van der Waals surface area contributed by atoms with Crippen molar-refractivity contribution < 1.29 is 9.13 Å². The van der Waals surface area contributed by atoms with E-state index in [4.69, 9.17) is 10.6 Å². The van der Waals surface area contributed by atoms with Crippen LogP contribution in [0.25, 0.3) is 0 Å². The zero-order valence-electron chi connectivity index (χ0n) is 10.7. The molecular weight excluding hydrogens is 219 g/mol. The number of hydrogen-bond acceptors (Lipinski definition) is 3. The minimum Gasteiger partial charge on any atom is -0.385 e. The lowest BCUT2D eigenvalue weighted by Gasteiger charge is -2.25. The fraction of sp³-hybridized carbons (Fsp3) is 0.538. The third kappa shape index (κ3) is 3.77. The zero-order valence-corrected chi connectivity index (χ0v) is 10.7. The number of hydrazine groups is 1. The fourth-order valence-electron chi connectivity index (χ4n) is 2.02. The van der Waals surface area contributed by atoms with Gasteiger partial charge in [0, 0.05) is 19.8 Å². The number of methoxy groups -OCH3 is 1. The number of nitrogens with one attached hydrogen (secondary N) is 1. The van der Waals surface area contributed by atoms with Gasteiger partial charge in [0.05, 0.1) is 0 Å². The molecule has 96 valence electrons.